The summed E-state index contributed by atoms with van der Waals surface area (Å²) in [6, 6.07) is 1.96. The number of likely N-dealkylation sites (tertiary alicyclic amines) is 1. The molecule has 0 aliphatic carbocycles. The first-order valence-corrected chi connectivity index (χ1v) is 7.55. The van der Waals surface area contributed by atoms with Gasteiger partial charge in [0, 0.05) is 12.6 Å². The fraction of sp³-hybridized carbons (Fsp3) is 0.688. The van der Waals surface area contributed by atoms with Crippen LogP contribution in [-0.2, 0) is 0 Å². The topological polar surface area (TPSA) is 53.7 Å². The SMILES string of the molecule is Cc1cc(C(=O)N2CCCCCC2CC(C)O)c(C)o1. The lowest BCUT2D eigenvalue weighted by atomic mass is 10.0. The highest BCUT2D eigenvalue weighted by molar-refractivity contribution is 5.95. The summed E-state index contributed by atoms with van der Waals surface area (Å²) in [7, 11) is 0. The number of hydrogen-bond donors (Lipinski definition) is 1. The molecule has 4 nitrogen and oxygen atoms in total. The molecule has 2 unspecified atom stereocenters. The van der Waals surface area contributed by atoms with Crippen LogP contribution in [-0.4, -0.2) is 34.6 Å². The van der Waals surface area contributed by atoms with E-state index in [4.69, 9.17) is 4.42 Å². The molecular formula is C16H25NO3. The van der Waals surface area contributed by atoms with Gasteiger partial charge in [-0.3, -0.25) is 4.79 Å². The summed E-state index contributed by atoms with van der Waals surface area (Å²) >= 11 is 0. The van der Waals surface area contributed by atoms with Crippen molar-refractivity contribution in [3.05, 3.63) is 23.2 Å². The molecule has 1 N–H and O–H groups in total. The fourth-order valence-electron chi connectivity index (χ4n) is 3.08. The van der Waals surface area contributed by atoms with Gasteiger partial charge in [0.05, 0.1) is 11.7 Å². The van der Waals surface area contributed by atoms with E-state index in [-0.39, 0.29) is 18.1 Å². The summed E-state index contributed by atoms with van der Waals surface area (Å²) in [5, 5.41) is 9.67. The Balaban J connectivity index is 2.21. The number of carbonyl (C=O) groups excluding carboxylic acids is 1. The Labute approximate surface area is 120 Å². The second-order valence-electron chi connectivity index (χ2n) is 5.91. The number of furan rings is 1. The maximum atomic E-state index is 12.8. The Hall–Kier alpha value is -1.29. The molecule has 20 heavy (non-hydrogen) atoms. The Morgan fingerprint density at radius 2 is 2.20 bits per heavy atom. The minimum Gasteiger partial charge on any atom is -0.466 e. The predicted octanol–water partition coefficient (Wildman–Crippen LogP) is 3.05. The first-order chi connectivity index (χ1) is 9.49. The van der Waals surface area contributed by atoms with Crippen LogP contribution in [0, 0.1) is 13.8 Å². The summed E-state index contributed by atoms with van der Waals surface area (Å²) in [6.07, 6.45) is 4.58. The van der Waals surface area contributed by atoms with Gasteiger partial charge in [-0.25, -0.2) is 0 Å². The van der Waals surface area contributed by atoms with Crippen molar-refractivity contribution in [1.29, 1.82) is 0 Å². The zero-order chi connectivity index (χ0) is 14.7. The molecule has 0 aromatic carbocycles. The van der Waals surface area contributed by atoms with Gasteiger partial charge in [-0.1, -0.05) is 12.8 Å². The summed E-state index contributed by atoms with van der Waals surface area (Å²) in [4.78, 5) is 14.7. The summed E-state index contributed by atoms with van der Waals surface area (Å²) < 4.78 is 5.48. The van der Waals surface area contributed by atoms with Crippen molar-refractivity contribution in [2.45, 2.75) is 65.0 Å². The zero-order valence-corrected chi connectivity index (χ0v) is 12.7. The van der Waals surface area contributed by atoms with Crippen molar-refractivity contribution in [3.63, 3.8) is 0 Å². The highest BCUT2D eigenvalue weighted by atomic mass is 16.3. The third kappa shape index (κ3) is 3.42. The fourth-order valence-corrected chi connectivity index (χ4v) is 3.08. The van der Waals surface area contributed by atoms with Crippen molar-refractivity contribution >= 4 is 5.91 Å². The van der Waals surface area contributed by atoms with Crippen molar-refractivity contribution < 1.29 is 14.3 Å². The normalized spacial score (nSPS) is 21.6. The molecule has 1 aliphatic heterocycles. The van der Waals surface area contributed by atoms with Crippen LogP contribution < -0.4 is 0 Å². The maximum Gasteiger partial charge on any atom is 0.257 e. The molecule has 2 atom stereocenters. The van der Waals surface area contributed by atoms with Crippen LogP contribution in [0.15, 0.2) is 10.5 Å². The van der Waals surface area contributed by atoms with Crippen molar-refractivity contribution in [1.82, 2.24) is 4.90 Å². The number of carbonyl (C=O) groups is 1. The van der Waals surface area contributed by atoms with Crippen LogP contribution in [0.25, 0.3) is 0 Å². The highest BCUT2D eigenvalue weighted by Crippen LogP contribution is 2.24. The molecule has 0 bridgehead atoms. The number of hydrogen-bond acceptors (Lipinski definition) is 3. The first kappa shape index (κ1) is 15.1. The van der Waals surface area contributed by atoms with Gasteiger partial charge in [-0.05, 0) is 46.1 Å². The molecule has 2 rings (SSSR count). The number of aryl methyl sites for hydroxylation is 2. The van der Waals surface area contributed by atoms with Crippen molar-refractivity contribution in [2.24, 2.45) is 0 Å². The monoisotopic (exact) mass is 279 g/mol. The summed E-state index contributed by atoms with van der Waals surface area (Å²) in [5.74, 6) is 1.51. The van der Waals surface area contributed by atoms with Crippen LogP contribution >= 0.6 is 0 Å². The first-order valence-electron chi connectivity index (χ1n) is 7.55. The number of aliphatic hydroxyl groups excluding tert-OH is 1. The van der Waals surface area contributed by atoms with Crippen molar-refractivity contribution in [3.8, 4) is 0 Å². The van der Waals surface area contributed by atoms with Crippen LogP contribution in [0.1, 0.15) is 60.9 Å². The molecular weight excluding hydrogens is 254 g/mol. The largest absolute Gasteiger partial charge is 0.466 e. The van der Waals surface area contributed by atoms with Crippen LogP contribution in [0.3, 0.4) is 0 Å². The Morgan fingerprint density at radius 1 is 1.45 bits per heavy atom. The Bertz CT molecular complexity index is 464. The molecule has 1 aliphatic rings. The van der Waals surface area contributed by atoms with E-state index in [1.807, 2.05) is 24.8 Å². The molecule has 1 fully saturated rings. The molecule has 1 aromatic rings. The number of rotatable bonds is 3. The van der Waals surface area contributed by atoms with Gasteiger partial charge < -0.3 is 14.4 Å². The van der Waals surface area contributed by atoms with E-state index in [0.29, 0.717) is 17.7 Å². The molecule has 1 aromatic heterocycles. The third-order valence-electron chi connectivity index (χ3n) is 4.02. The lowest BCUT2D eigenvalue weighted by molar-refractivity contribution is 0.0605. The highest BCUT2D eigenvalue weighted by Gasteiger charge is 2.29. The maximum absolute atomic E-state index is 12.8. The molecule has 4 heteroatoms. The van der Waals surface area contributed by atoms with Gasteiger partial charge in [0.15, 0.2) is 0 Å². The molecule has 0 radical (unpaired) electrons. The van der Waals surface area contributed by atoms with Gasteiger partial charge in [0.1, 0.15) is 11.5 Å². The van der Waals surface area contributed by atoms with Gasteiger partial charge in [-0.2, -0.15) is 0 Å². The molecule has 2 heterocycles. The molecule has 112 valence electrons. The Kier molecular flexibility index (Phi) is 4.86. The lowest BCUT2D eigenvalue weighted by Crippen LogP contribution is -2.41. The molecule has 0 spiro atoms. The van der Waals surface area contributed by atoms with Gasteiger partial charge >= 0.3 is 0 Å². The van der Waals surface area contributed by atoms with Crippen LogP contribution in [0.5, 0.6) is 0 Å². The van der Waals surface area contributed by atoms with Gasteiger partial charge in [-0.15, -0.1) is 0 Å². The van der Waals surface area contributed by atoms with Crippen LogP contribution in [0.4, 0.5) is 0 Å². The molecule has 1 saturated heterocycles. The number of amides is 1. The average Bonchev–Trinajstić information content (AvgIpc) is 2.58. The summed E-state index contributed by atoms with van der Waals surface area (Å²) in [6.45, 7) is 6.27. The van der Waals surface area contributed by atoms with E-state index < -0.39 is 0 Å². The number of nitrogens with zero attached hydrogens (tertiary/aromatic N) is 1. The lowest BCUT2D eigenvalue weighted by Gasteiger charge is -2.31. The minimum absolute atomic E-state index is 0.0481. The molecule has 0 saturated carbocycles. The Morgan fingerprint density at radius 3 is 2.80 bits per heavy atom. The zero-order valence-electron chi connectivity index (χ0n) is 12.7. The third-order valence-corrected chi connectivity index (χ3v) is 4.02. The van der Waals surface area contributed by atoms with E-state index in [9.17, 15) is 9.90 Å². The van der Waals surface area contributed by atoms with E-state index in [2.05, 4.69) is 0 Å². The van der Waals surface area contributed by atoms with Crippen LogP contribution in [0.2, 0.25) is 0 Å². The van der Waals surface area contributed by atoms with Gasteiger partial charge in [0.25, 0.3) is 5.91 Å². The predicted molar refractivity (Wildman–Crippen MR) is 77.8 cm³/mol. The van der Waals surface area contributed by atoms with E-state index in [0.717, 1.165) is 38.0 Å². The average molecular weight is 279 g/mol. The second-order valence-corrected chi connectivity index (χ2v) is 5.91. The smallest absolute Gasteiger partial charge is 0.257 e. The molecule has 1 amide bonds. The number of aliphatic hydroxyl groups is 1. The van der Waals surface area contributed by atoms with Gasteiger partial charge in [0.2, 0.25) is 0 Å². The standard InChI is InChI=1S/C16H25NO3/c1-11(18)9-14-7-5-4-6-8-17(14)16(19)15-10-12(2)20-13(15)3/h10-11,14,18H,4-9H2,1-3H3. The van der Waals surface area contributed by atoms with Crippen molar-refractivity contribution in [2.75, 3.05) is 6.54 Å². The second kappa shape index (κ2) is 6.44. The summed E-state index contributed by atoms with van der Waals surface area (Å²) in [5.41, 5.74) is 0.667. The van der Waals surface area contributed by atoms with E-state index in [1.54, 1.807) is 6.92 Å². The van der Waals surface area contributed by atoms with E-state index >= 15 is 0 Å². The minimum atomic E-state index is -0.374. The quantitative estimate of drug-likeness (QED) is 0.925. The van der Waals surface area contributed by atoms with E-state index in [1.165, 1.54) is 0 Å².